The van der Waals surface area contributed by atoms with Crippen molar-refractivity contribution in [1.29, 1.82) is 0 Å². The summed E-state index contributed by atoms with van der Waals surface area (Å²) >= 11 is 9.34. The summed E-state index contributed by atoms with van der Waals surface area (Å²) in [5.41, 5.74) is 1.75. The lowest BCUT2D eigenvalue weighted by Crippen LogP contribution is -2.20. The molecule has 0 unspecified atom stereocenters. The third-order valence-electron chi connectivity index (χ3n) is 5.96. The van der Waals surface area contributed by atoms with Crippen LogP contribution >= 0.6 is 34.2 Å². The predicted molar refractivity (Wildman–Crippen MR) is 149 cm³/mol. The number of hydrogen-bond donors (Lipinski definition) is 0. The van der Waals surface area contributed by atoms with E-state index in [9.17, 15) is 0 Å². The van der Waals surface area contributed by atoms with E-state index in [0.717, 1.165) is 49.9 Å². The molecule has 4 heterocycles. The van der Waals surface area contributed by atoms with Crippen LogP contribution in [0.4, 0.5) is 46.3 Å². The number of pyridine rings is 3. The maximum absolute atomic E-state index is 7.02. The fourth-order valence-corrected chi connectivity index (χ4v) is 5.32. The van der Waals surface area contributed by atoms with Crippen LogP contribution in [0.25, 0.3) is 0 Å². The van der Waals surface area contributed by atoms with Crippen molar-refractivity contribution in [2.45, 2.75) is 0 Å². The fraction of sp³-hybridized carbons (Fsp3) is 0.160. The van der Waals surface area contributed by atoms with E-state index in [1.165, 1.54) is 0 Å². The zero-order chi connectivity index (χ0) is 24.0. The van der Waals surface area contributed by atoms with E-state index in [1.54, 1.807) is 0 Å². The normalized spacial score (nSPS) is 13.4. The molecule has 0 amide bonds. The predicted octanol–water partition coefficient (Wildman–Crippen LogP) is 6.51. The highest BCUT2D eigenvalue weighted by Crippen LogP contribution is 2.42. The topological polar surface area (TPSA) is 51.6 Å². The highest BCUT2D eigenvalue weighted by molar-refractivity contribution is 14.1. The number of fused-ring (bicyclic) bond motifs is 8. The Kier molecular flexibility index (Phi) is 5.95. The van der Waals surface area contributed by atoms with E-state index in [1.807, 2.05) is 108 Å². The summed E-state index contributed by atoms with van der Waals surface area (Å²) < 4.78 is 1.03. The van der Waals surface area contributed by atoms with E-state index in [2.05, 4.69) is 28.7 Å². The Morgan fingerprint density at radius 1 is 0.559 bits per heavy atom. The van der Waals surface area contributed by atoms with Gasteiger partial charge in [-0.15, -0.1) is 0 Å². The molecule has 0 radical (unpaired) electrons. The van der Waals surface area contributed by atoms with Gasteiger partial charge in [-0.2, -0.15) is 0 Å². The van der Waals surface area contributed by atoms with Gasteiger partial charge >= 0.3 is 0 Å². The van der Waals surface area contributed by atoms with Crippen molar-refractivity contribution in [2.75, 3.05) is 47.8 Å². The lowest BCUT2D eigenvalue weighted by atomic mass is 10.2. The van der Waals surface area contributed by atoms with Crippen molar-refractivity contribution in [3.05, 3.63) is 75.3 Å². The molecule has 4 aromatic rings. The molecule has 9 heteroatoms. The van der Waals surface area contributed by atoms with Gasteiger partial charge in [-0.05, 0) is 71.1 Å². The van der Waals surface area contributed by atoms with Gasteiger partial charge in [-0.1, -0.05) is 29.8 Å². The standard InChI is InChI=1S/C25H23ClIN7/c1-31-17-15-14-16(27)25(24(17)26)34(4)23-13-7-12-22(30-23)33(3)21-11-6-10-20(29-21)32(2)19-9-5-8-18(31)28-19/h5-15H,1-4H3. The zero-order valence-electron chi connectivity index (χ0n) is 19.2. The number of aromatic nitrogens is 3. The minimum Gasteiger partial charge on any atom is -0.328 e. The molecular formula is C25H23ClIN7. The van der Waals surface area contributed by atoms with Crippen LogP contribution in [-0.2, 0) is 0 Å². The number of halogens is 2. The lowest BCUT2D eigenvalue weighted by molar-refractivity contribution is 1.02. The third-order valence-corrected chi connectivity index (χ3v) is 7.21. The molecule has 0 atom stereocenters. The first-order valence-electron chi connectivity index (χ1n) is 10.7. The maximum atomic E-state index is 7.02. The van der Waals surface area contributed by atoms with Crippen LogP contribution in [0.15, 0.2) is 66.7 Å². The van der Waals surface area contributed by atoms with Crippen LogP contribution in [0.2, 0.25) is 5.02 Å². The smallest absolute Gasteiger partial charge is 0.136 e. The highest BCUT2D eigenvalue weighted by atomic mass is 127. The maximum Gasteiger partial charge on any atom is 0.136 e. The van der Waals surface area contributed by atoms with Crippen molar-refractivity contribution in [3.8, 4) is 0 Å². The second-order valence-corrected chi connectivity index (χ2v) is 9.57. The molecule has 3 aromatic heterocycles. The quantitative estimate of drug-likeness (QED) is 0.219. The van der Waals surface area contributed by atoms with Crippen molar-refractivity contribution in [3.63, 3.8) is 0 Å². The molecule has 0 spiro atoms. The summed E-state index contributed by atoms with van der Waals surface area (Å²) in [6, 6.07) is 21.9. The summed E-state index contributed by atoms with van der Waals surface area (Å²) in [7, 11) is 7.88. The van der Waals surface area contributed by atoms with Crippen molar-refractivity contribution in [1.82, 2.24) is 15.0 Å². The van der Waals surface area contributed by atoms with Crippen LogP contribution in [-0.4, -0.2) is 43.1 Å². The summed E-state index contributed by atoms with van der Waals surface area (Å²) in [6.07, 6.45) is 0. The molecule has 0 aliphatic carbocycles. The minimum absolute atomic E-state index is 0.636. The summed E-state index contributed by atoms with van der Waals surface area (Å²) in [6.45, 7) is 0. The van der Waals surface area contributed by atoms with E-state index in [4.69, 9.17) is 26.6 Å². The highest BCUT2D eigenvalue weighted by Gasteiger charge is 2.21. The monoisotopic (exact) mass is 583 g/mol. The van der Waals surface area contributed by atoms with Crippen molar-refractivity contribution in [2.24, 2.45) is 0 Å². The van der Waals surface area contributed by atoms with Gasteiger partial charge in [0.1, 0.15) is 34.9 Å². The van der Waals surface area contributed by atoms with Gasteiger partial charge in [0.15, 0.2) is 0 Å². The van der Waals surface area contributed by atoms with E-state index in [-0.39, 0.29) is 0 Å². The first-order valence-corrected chi connectivity index (χ1v) is 12.1. The van der Waals surface area contributed by atoms with Gasteiger partial charge < -0.3 is 19.6 Å². The van der Waals surface area contributed by atoms with Gasteiger partial charge in [-0.3, -0.25) is 0 Å². The molecule has 8 bridgehead atoms. The first-order chi connectivity index (χ1) is 16.3. The Balaban J connectivity index is 1.77. The van der Waals surface area contributed by atoms with Crippen molar-refractivity contribution < 1.29 is 0 Å². The van der Waals surface area contributed by atoms with Crippen LogP contribution in [0.3, 0.4) is 0 Å². The Hall–Kier alpha value is -3.11. The van der Waals surface area contributed by atoms with Gasteiger partial charge in [-0.25, -0.2) is 15.0 Å². The summed E-state index contributed by atoms with van der Waals surface area (Å²) in [5.74, 6) is 4.69. The Labute approximate surface area is 217 Å². The van der Waals surface area contributed by atoms with Crippen LogP contribution in [0.5, 0.6) is 0 Å². The van der Waals surface area contributed by atoms with Crippen LogP contribution in [0, 0.1) is 3.57 Å². The molecule has 34 heavy (non-hydrogen) atoms. The first kappa shape index (κ1) is 22.7. The van der Waals surface area contributed by atoms with Gasteiger partial charge in [0.25, 0.3) is 0 Å². The minimum atomic E-state index is 0.636. The largest absolute Gasteiger partial charge is 0.328 e. The summed E-state index contributed by atoms with van der Waals surface area (Å²) in [4.78, 5) is 22.7. The van der Waals surface area contributed by atoms with Gasteiger partial charge in [0.2, 0.25) is 0 Å². The molecule has 1 aliphatic rings. The third kappa shape index (κ3) is 3.90. The second kappa shape index (κ2) is 8.92. The van der Waals surface area contributed by atoms with Gasteiger partial charge in [0, 0.05) is 31.8 Å². The van der Waals surface area contributed by atoms with Gasteiger partial charge in [0.05, 0.1) is 16.4 Å². The average Bonchev–Trinajstić information content (AvgIpc) is 2.87. The van der Waals surface area contributed by atoms with Crippen LogP contribution in [0.1, 0.15) is 0 Å². The molecule has 1 aliphatic heterocycles. The fourth-order valence-electron chi connectivity index (χ4n) is 3.93. The molecule has 1 aromatic carbocycles. The molecule has 0 saturated heterocycles. The average molecular weight is 584 g/mol. The number of hydrogen-bond acceptors (Lipinski definition) is 7. The van der Waals surface area contributed by atoms with E-state index in [0.29, 0.717) is 5.02 Å². The summed E-state index contributed by atoms with van der Waals surface area (Å²) in [5, 5.41) is 0.636. The van der Waals surface area contributed by atoms with Crippen LogP contribution < -0.4 is 19.6 Å². The Bertz CT molecular complexity index is 1380. The number of nitrogens with zero attached hydrogens (tertiary/aromatic N) is 7. The Morgan fingerprint density at radius 2 is 0.941 bits per heavy atom. The van der Waals surface area contributed by atoms with E-state index < -0.39 is 0 Å². The number of anilines is 8. The molecule has 0 fully saturated rings. The number of benzene rings is 1. The lowest BCUT2D eigenvalue weighted by Gasteiger charge is -2.28. The molecule has 0 N–H and O–H groups in total. The SMILES string of the molecule is CN1c2cccc(n2)N(C)c2cccc(n2)N(C)c2c(I)ccc(c2Cl)N(C)c2cccc1n2. The molecular weight excluding hydrogens is 561 g/mol. The molecule has 0 saturated carbocycles. The molecule has 5 rings (SSSR count). The van der Waals surface area contributed by atoms with Crippen molar-refractivity contribution >= 4 is 80.5 Å². The molecule has 172 valence electrons. The zero-order valence-corrected chi connectivity index (χ0v) is 22.2. The Morgan fingerprint density at radius 3 is 1.38 bits per heavy atom. The number of rotatable bonds is 0. The van der Waals surface area contributed by atoms with E-state index >= 15 is 0 Å². The molecule has 7 nitrogen and oxygen atoms in total. The second-order valence-electron chi connectivity index (χ2n) is 8.03.